The van der Waals surface area contributed by atoms with Crippen molar-refractivity contribution in [3.8, 4) is 11.5 Å². The van der Waals surface area contributed by atoms with Crippen molar-refractivity contribution in [2.75, 3.05) is 6.61 Å². The molecule has 0 radical (unpaired) electrons. The smallest absolute Gasteiger partial charge is 0.264 e. The predicted octanol–water partition coefficient (Wildman–Crippen LogP) is 8.13. The van der Waals surface area contributed by atoms with Gasteiger partial charge >= 0.3 is 0 Å². The Morgan fingerprint density at radius 2 is 1.81 bits per heavy atom. The zero-order chi connectivity index (χ0) is 25.8. The van der Waals surface area contributed by atoms with Gasteiger partial charge in [-0.25, -0.2) is 4.99 Å². The normalized spacial score (nSPS) is 15.4. The summed E-state index contributed by atoms with van der Waals surface area (Å²) in [7, 11) is 0. The number of carbonyl (C=O) groups is 1. The van der Waals surface area contributed by atoms with Crippen molar-refractivity contribution >= 4 is 72.9 Å². The molecule has 8 heteroatoms. The van der Waals surface area contributed by atoms with Crippen LogP contribution in [0, 0.1) is 0 Å². The van der Waals surface area contributed by atoms with E-state index in [1.54, 1.807) is 24.3 Å². The maximum Gasteiger partial charge on any atom is 0.264 e. The van der Waals surface area contributed by atoms with Gasteiger partial charge in [0.05, 0.1) is 21.7 Å². The summed E-state index contributed by atoms with van der Waals surface area (Å²) >= 11 is 10.9. The second-order valence-electron chi connectivity index (χ2n) is 8.15. The number of thioether (sulfide) groups is 1. The van der Waals surface area contributed by atoms with Crippen molar-refractivity contribution in [2.24, 2.45) is 4.99 Å². The molecule has 4 aromatic carbocycles. The number of fused-ring (bicyclic) bond motifs is 1. The summed E-state index contributed by atoms with van der Waals surface area (Å²) in [4.78, 5) is 17.6. The molecule has 1 aliphatic heterocycles. The number of carbonyl (C=O) groups excluding carboxylic acids is 1. The fourth-order valence-electron chi connectivity index (χ4n) is 3.91. The van der Waals surface area contributed by atoms with Crippen LogP contribution >= 0.6 is 39.3 Å². The number of hydrogen-bond donors (Lipinski definition) is 1. The first-order valence-electron chi connectivity index (χ1n) is 11.6. The molecule has 37 heavy (non-hydrogen) atoms. The van der Waals surface area contributed by atoms with E-state index in [0.717, 1.165) is 21.0 Å². The molecule has 0 bridgehead atoms. The second-order valence-corrected chi connectivity index (χ2v) is 10.5. The van der Waals surface area contributed by atoms with Gasteiger partial charge in [0.15, 0.2) is 16.7 Å². The van der Waals surface area contributed by atoms with Crippen LogP contribution in [0.2, 0.25) is 5.02 Å². The van der Waals surface area contributed by atoms with Crippen LogP contribution in [0.5, 0.6) is 11.5 Å². The summed E-state index contributed by atoms with van der Waals surface area (Å²) in [5, 5.41) is 6.28. The van der Waals surface area contributed by atoms with Crippen molar-refractivity contribution in [3.63, 3.8) is 0 Å². The summed E-state index contributed by atoms with van der Waals surface area (Å²) < 4.78 is 12.9. The summed E-state index contributed by atoms with van der Waals surface area (Å²) in [5.41, 5.74) is 2.60. The summed E-state index contributed by atoms with van der Waals surface area (Å²) in [6.07, 6.45) is 1.81. The molecule has 5 nitrogen and oxygen atoms in total. The third-order valence-electron chi connectivity index (χ3n) is 5.59. The van der Waals surface area contributed by atoms with Crippen molar-refractivity contribution in [3.05, 3.63) is 104 Å². The lowest BCUT2D eigenvalue weighted by molar-refractivity contribution is -0.115. The van der Waals surface area contributed by atoms with Crippen molar-refractivity contribution in [2.45, 2.75) is 13.5 Å². The van der Waals surface area contributed by atoms with Gasteiger partial charge in [-0.1, -0.05) is 54.1 Å². The zero-order valence-corrected chi connectivity index (χ0v) is 23.0. The van der Waals surface area contributed by atoms with Gasteiger partial charge in [-0.05, 0) is 99.0 Å². The standard InChI is InChI=1S/C29H22BrClN2O3S/c1-2-35-25-15-18(16-26-28(34)33-29(37-26)32-22-12-10-21(31)11-13-22)14-24(30)27(25)36-17-20-8-5-7-19-6-3-4-9-23(19)20/h3-16H,2,17H2,1H3,(H,32,33,34)/b26-16-. The molecule has 0 aromatic heterocycles. The van der Waals surface area contributed by atoms with Crippen LogP contribution < -0.4 is 14.8 Å². The number of benzene rings is 4. The van der Waals surface area contributed by atoms with E-state index in [4.69, 9.17) is 21.1 Å². The van der Waals surface area contributed by atoms with E-state index >= 15 is 0 Å². The molecular formula is C29H22BrClN2O3S. The Balaban J connectivity index is 1.38. The first-order valence-corrected chi connectivity index (χ1v) is 13.6. The molecule has 0 spiro atoms. The highest BCUT2D eigenvalue weighted by Gasteiger charge is 2.24. The van der Waals surface area contributed by atoms with Gasteiger partial charge in [0, 0.05) is 5.02 Å². The van der Waals surface area contributed by atoms with E-state index in [2.05, 4.69) is 50.5 Å². The Morgan fingerprint density at radius 1 is 1.03 bits per heavy atom. The van der Waals surface area contributed by atoms with Gasteiger partial charge in [-0.2, -0.15) is 0 Å². The fourth-order valence-corrected chi connectivity index (χ4v) is 5.45. The fraction of sp³-hybridized carbons (Fsp3) is 0.103. The molecule has 4 aromatic rings. The van der Waals surface area contributed by atoms with Gasteiger partial charge in [0.2, 0.25) is 0 Å². The van der Waals surface area contributed by atoms with E-state index in [1.165, 1.54) is 17.1 Å². The maximum absolute atomic E-state index is 12.6. The molecule has 186 valence electrons. The largest absolute Gasteiger partial charge is 0.490 e. The van der Waals surface area contributed by atoms with E-state index in [1.807, 2.05) is 43.3 Å². The number of aliphatic imine (C=N–C) groups is 1. The third-order valence-corrected chi connectivity index (χ3v) is 7.34. The maximum atomic E-state index is 12.6. The van der Waals surface area contributed by atoms with Crippen LogP contribution in [-0.2, 0) is 11.4 Å². The minimum absolute atomic E-state index is 0.205. The average Bonchev–Trinajstić information content (AvgIpc) is 3.23. The minimum atomic E-state index is -0.205. The number of hydrogen-bond acceptors (Lipinski definition) is 5. The average molecular weight is 594 g/mol. The molecule has 0 saturated carbocycles. The van der Waals surface area contributed by atoms with E-state index < -0.39 is 0 Å². The second kappa shape index (κ2) is 11.4. The Labute approximate surface area is 232 Å². The van der Waals surface area contributed by atoms with E-state index in [-0.39, 0.29) is 5.91 Å². The topological polar surface area (TPSA) is 59.9 Å². The molecule has 0 aliphatic carbocycles. The summed E-state index contributed by atoms with van der Waals surface area (Å²) in [6.45, 7) is 2.79. The van der Waals surface area contributed by atoms with Gasteiger partial charge in [-0.15, -0.1) is 0 Å². The molecular weight excluding hydrogens is 572 g/mol. The zero-order valence-electron chi connectivity index (χ0n) is 19.8. The molecule has 1 saturated heterocycles. The molecule has 0 atom stereocenters. The molecule has 1 heterocycles. The Bertz CT molecular complexity index is 1530. The highest BCUT2D eigenvalue weighted by atomic mass is 79.9. The Hall–Kier alpha value is -3.26. The SMILES string of the molecule is CCOc1cc(/C=C2\SC(=Nc3ccc(Cl)cc3)NC2=O)cc(Br)c1OCc1cccc2ccccc12. The molecule has 1 aliphatic rings. The number of halogens is 2. The minimum Gasteiger partial charge on any atom is -0.490 e. The highest BCUT2D eigenvalue weighted by Crippen LogP contribution is 2.39. The number of amides is 1. The van der Waals surface area contributed by atoms with Crippen LogP contribution in [0.4, 0.5) is 5.69 Å². The van der Waals surface area contributed by atoms with Gasteiger partial charge in [-0.3, -0.25) is 4.79 Å². The van der Waals surface area contributed by atoms with Gasteiger partial charge < -0.3 is 14.8 Å². The van der Waals surface area contributed by atoms with Crippen LogP contribution in [0.3, 0.4) is 0 Å². The first kappa shape index (κ1) is 25.4. The summed E-state index contributed by atoms with van der Waals surface area (Å²) in [6, 6.07) is 25.3. The van der Waals surface area contributed by atoms with Crippen LogP contribution in [0.1, 0.15) is 18.1 Å². The first-order chi connectivity index (χ1) is 18.0. The van der Waals surface area contributed by atoms with Gasteiger partial charge in [0.1, 0.15) is 6.61 Å². The van der Waals surface area contributed by atoms with Gasteiger partial charge in [0.25, 0.3) is 5.91 Å². The molecule has 1 N–H and O–H groups in total. The molecule has 5 rings (SSSR count). The van der Waals surface area contributed by atoms with Crippen molar-refractivity contribution < 1.29 is 14.3 Å². The number of nitrogens with zero attached hydrogens (tertiary/aromatic N) is 1. The highest BCUT2D eigenvalue weighted by molar-refractivity contribution is 9.10. The summed E-state index contributed by atoms with van der Waals surface area (Å²) in [5.74, 6) is 1.01. The monoisotopic (exact) mass is 592 g/mol. The number of rotatable bonds is 7. The lowest BCUT2D eigenvalue weighted by Gasteiger charge is -2.15. The number of nitrogens with one attached hydrogen (secondary N) is 1. The lowest BCUT2D eigenvalue weighted by atomic mass is 10.1. The predicted molar refractivity (Wildman–Crippen MR) is 156 cm³/mol. The number of ether oxygens (including phenoxy) is 2. The van der Waals surface area contributed by atoms with Crippen LogP contribution in [-0.4, -0.2) is 17.7 Å². The molecule has 1 fully saturated rings. The van der Waals surface area contributed by atoms with Crippen LogP contribution in [0.15, 0.2) is 93.2 Å². The van der Waals surface area contributed by atoms with E-state index in [0.29, 0.717) is 45.5 Å². The van der Waals surface area contributed by atoms with Crippen molar-refractivity contribution in [1.29, 1.82) is 0 Å². The lowest BCUT2D eigenvalue weighted by Crippen LogP contribution is -2.19. The Kier molecular flexibility index (Phi) is 7.84. The molecule has 1 amide bonds. The van der Waals surface area contributed by atoms with Crippen molar-refractivity contribution in [1.82, 2.24) is 5.32 Å². The quantitative estimate of drug-likeness (QED) is 0.220. The van der Waals surface area contributed by atoms with Crippen LogP contribution in [0.25, 0.3) is 16.8 Å². The Morgan fingerprint density at radius 3 is 2.62 bits per heavy atom. The van der Waals surface area contributed by atoms with E-state index in [9.17, 15) is 4.79 Å². The molecule has 0 unspecified atom stereocenters. The number of amidine groups is 1. The third kappa shape index (κ3) is 6.01.